The normalized spacial score (nSPS) is 13.3. The van der Waals surface area contributed by atoms with E-state index in [1.54, 1.807) is 18.2 Å². The zero-order valence-corrected chi connectivity index (χ0v) is 12.5. The second kappa shape index (κ2) is 5.60. The molecule has 110 valence electrons. The monoisotopic (exact) mass is 284 g/mol. The second-order valence-electron chi connectivity index (χ2n) is 5.32. The van der Waals surface area contributed by atoms with Crippen molar-refractivity contribution in [3.8, 4) is 0 Å². The van der Waals surface area contributed by atoms with Gasteiger partial charge < -0.3 is 14.8 Å². The van der Waals surface area contributed by atoms with Crippen molar-refractivity contribution in [3.05, 3.63) is 42.0 Å². The lowest BCUT2D eigenvalue weighted by atomic mass is 10.1. The van der Waals surface area contributed by atoms with Gasteiger partial charge >= 0.3 is 0 Å². The molecule has 0 atom stereocenters. The third kappa shape index (κ3) is 2.63. The first-order chi connectivity index (χ1) is 10.2. The predicted molar refractivity (Wildman–Crippen MR) is 83.5 cm³/mol. The molecule has 1 aromatic carbocycles. The SMILES string of the molecule is CCN(C(C)=O)c1ccc2c(c1)N(Cc1cnc[nH]1)CC2. The maximum atomic E-state index is 11.7. The molecule has 2 heterocycles. The number of fused-ring (bicyclic) bond motifs is 1. The van der Waals surface area contributed by atoms with Crippen LogP contribution < -0.4 is 9.80 Å². The number of hydrogen-bond donors (Lipinski definition) is 1. The van der Waals surface area contributed by atoms with Gasteiger partial charge in [0.05, 0.1) is 18.6 Å². The summed E-state index contributed by atoms with van der Waals surface area (Å²) < 4.78 is 0. The van der Waals surface area contributed by atoms with E-state index in [4.69, 9.17) is 0 Å². The molecule has 0 aliphatic carbocycles. The Bertz CT molecular complexity index is 636. The van der Waals surface area contributed by atoms with E-state index >= 15 is 0 Å². The number of carbonyl (C=O) groups excluding carboxylic acids is 1. The summed E-state index contributed by atoms with van der Waals surface area (Å²) in [5.41, 5.74) is 4.65. The van der Waals surface area contributed by atoms with Crippen molar-refractivity contribution in [3.63, 3.8) is 0 Å². The van der Waals surface area contributed by atoms with E-state index in [-0.39, 0.29) is 5.91 Å². The standard InChI is InChI=1S/C16H20N4O/c1-3-20(12(2)21)15-5-4-13-6-7-19(16(13)8-15)10-14-9-17-11-18-14/h4-5,8-9,11H,3,6-7,10H2,1-2H3,(H,17,18). The number of imidazole rings is 1. The van der Waals surface area contributed by atoms with Crippen LogP contribution in [0.1, 0.15) is 25.1 Å². The topological polar surface area (TPSA) is 52.2 Å². The van der Waals surface area contributed by atoms with Gasteiger partial charge in [-0.1, -0.05) is 6.07 Å². The van der Waals surface area contributed by atoms with Gasteiger partial charge in [0.1, 0.15) is 0 Å². The van der Waals surface area contributed by atoms with Crippen molar-refractivity contribution in [1.29, 1.82) is 0 Å². The van der Waals surface area contributed by atoms with Crippen molar-refractivity contribution in [2.45, 2.75) is 26.8 Å². The Morgan fingerprint density at radius 1 is 1.48 bits per heavy atom. The lowest BCUT2D eigenvalue weighted by Gasteiger charge is -2.23. The molecule has 3 rings (SSSR count). The number of hydrogen-bond acceptors (Lipinski definition) is 3. The van der Waals surface area contributed by atoms with E-state index in [1.165, 1.54) is 11.3 Å². The largest absolute Gasteiger partial charge is 0.365 e. The molecular weight excluding hydrogens is 264 g/mol. The number of H-pyrrole nitrogens is 1. The van der Waals surface area contributed by atoms with Crippen molar-refractivity contribution >= 4 is 17.3 Å². The fourth-order valence-electron chi connectivity index (χ4n) is 2.93. The molecule has 0 unspecified atom stereocenters. The van der Waals surface area contributed by atoms with Crippen molar-refractivity contribution < 1.29 is 4.79 Å². The molecule has 0 fully saturated rings. The highest BCUT2D eigenvalue weighted by Gasteiger charge is 2.21. The van der Waals surface area contributed by atoms with Crippen LogP contribution in [-0.4, -0.2) is 29.0 Å². The third-order valence-corrected chi connectivity index (χ3v) is 3.98. The van der Waals surface area contributed by atoms with Crippen LogP contribution in [-0.2, 0) is 17.8 Å². The van der Waals surface area contributed by atoms with Gasteiger partial charge in [-0.3, -0.25) is 4.79 Å². The number of nitrogens with zero attached hydrogens (tertiary/aromatic N) is 3. The summed E-state index contributed by atoms with van der Waals surface area (Å²) in [4.78, 5) is 23.1. The summed E-state index contributed by atoms with van der Waals surface area (Å²) >= 11 is 0. The van der Waals surface area contributed by atoms with Crippen LogP contribution in [0.5, 0.6) is 0 Å². The Labute approximate surface area is 124 Å². The van der Waals surface area contributed by atoms with E-state index in [1.807, 2.05) is 19.2 Å². The highest BCUT2D eigenvalue weighted by Crippen LogP contribution is 2.33. The number of amides is 1. The quantitative estimate of drug-likeness (QED) is 0.937. The molecule has 1 aliphatic rings. The van der Waals surface area contributed by atoms with Crippen LogP contribution in [0, 0.1) is 0 Å². The molecule has 2 aromatic rings. The number of aromatic amines is 1. The van der Waals surface area contributed by atoms with Crippen LogP contribution >= 0.6 is 0 Å². The second-order valence-corrected chi connectivity index (χ2v) is 5.32. The highest BCUT2D eigenvalue weighted by molar-refractivity contribution is 5.92. The van der Waals surface area contributed by atoms with E-state index in [0.717, 1.165) is 30.9 Å². The van der Waals surface area contributed by atoms with Crippen molar-refractivity contribution in [2.75, 3.05) is 22.9 Å². The molecule has 0 spiro atoms. The molecule has 0 saturated carbocycles. The Morgan fingerprint density at radius 3 is 3.00 bits per heavy atom. The van der Waals surface area contributed by atoms with Crippen LogP contribution in [0.25, 0.3) is 0 Å². The molecule has 1 aliphatic heterocycles. The fourth-order valence-corrected chi connectivity index (χ4v) is 2.93. The lowest BCUT2D eigenvalue weighted by molar-refractivity contribution is -0.116. The maximum absolute atomic E-state index is 11.7. The van der Waals surface area contributed by atoms with Gasteiger partial charge in [0.25, 0.3) is 0 Å². The molecule has 0 bridgehead atoms. The van der Waals surface area contributed by atoms with E-state index in [2.05, 4.69) is 27.0 Å². The van der Waals surface area contributed by atoms with Crippen LogP contribution in [0.4, 0.5) is 11.4 Å². The predicted octanol–water partition coefficient (Wildman–Crippen LogP) is 2.35. The number of nitrogens with one attached hydrogen (secondary N) is 1. The van der Waals surface area contributed by atoms with Gasteiger partial charge in [0, 0.05) is 37.6 Å². The van der Waals surface area contributed by atoms with Gasteiger partial charge in [-0.05, 0) is 31.0 Å². The number of benzene rings is 1. The van der Waals surface area contributed by atoms with Crippen LogP contribution in [0.3, 0.4) is 0 Å². The highest BCUT2D eigenvalue weighted by atomic mass is 16.2. The maximum Gasteiger partial charge on any atom is 0.223 e. The molecule has 5 heteroatoms. The van der Waals surface area contributed by atoms with Gasteiger partial charge in [-0.25, -0.2) is 4.98 Å². The van der Waals surface area contributed by atoms with Gasteiger partial charge in [-0.15, -0.1) is 0 Å². The summed E-state index contributed by atoms with van der Waals surface area (Å²) in [6, 6.07) is 6.32. The van der Waals surface area contributed by atoms with E-state index in [9.17, 15) is 4.79 Å². The summed E-state index contributed by atoms with van der Waals surface area (Å²) in [6.45, 7) is 6.12. The van der Waals surface area contributed by atoms with Crippen LogP contribution in [0.2, 0.25) is 0 Å². The Morgan fingerprint density at radius 2 is 2.33 bits per heavy atom. The van der Waals surface area contributed by atoms with E-state index in [0.29, 0.717) is 6.54 Å². The zero-order valence-electron chi connectivity index (χ0n) is 12.5. The first-order valence-corrected chi connectivity index (χ1v) is 7.32. The molecule has 1 N–H and O–H groups in total. The number of anilines is 2. The summed E-state index contributed by atoms with van der Waals surface area (Å²) in [5.74, 6) is 0.0792. The average Bonchev–Trinajstić information content (AvgIpc) is 3.10. The van der Waals surface area contributed by atoms with Crippen molar-refractivity contribution in [2.24, 2.45) is 0 Å². The summed E-state index contributed by atoms with van der Waals surface area (Å²) in [6.07, 6.45) is 4.61. The smallest absolute Gasteiger partial charge is 0.223 e. The Balaban J connectivity index is 1.88. The van der Waals surface area contributed by atoms with Crippen LogP contribution in [0.15, 0.2) is 30.7 Å². The average molecular weight is 284 g/mol. The van der Waals surface area contributed by atoms with Gasteiger partial charge in [0.2, 0.25) is 5.91 Å². The lowest BCUT2D eigenvalue weighted by Crippen LogP contribution is -2.28. The number of rotatable bonds is 4. The molecule has 5 nitrogen and oxygen atoms in total. The zero-order chi connectivity index (χ0) is 14.8. The minimum Gasteiger partial charge on any atom is -0.365 e. The molecule has 1 aromatic heterocycles. The van der Waals surface area contributed by atoms with E-state index < -0.39 is 0 Å². The minimum atomic E-state index is 0.0792. The molecule has 1 amide bonds. The Kier molecular flexibility index (Phi) is 3.64. The van der Waals surface area contributed by atoms with Gasteiger partial charge in [-0.2, -0.15) is 0 Å². The number of aromatic nitrogens is 2. The molecule has 0 saturated heterocycles. The third-order valence-electron chi connectivity index (χ3n) is 3.98. The molecular formula is C16H20N4O. The fraction of sp³-hybridized carbons (Fsp3) is 0.375. The van der Waals surface area contributed by atoms with Gasteiger partial charge in [0.15, 0.2) is 0 Å². The minimum absolute atomic E-state index is 0.0792. The first kappa shape index (κ1) is 13.7. The summed E-state index contributed by atoms with van der Waals surface area (Å²) in [5, 5.41) is 0. The number of carbonyl (C=O) groups is 1. The first-order valence-electron chi connectivity index (χ1n) is 7.32. The molecule has 0 radical (unpaired) electrons. The molecule has 21 heavy (non-hydrogen) atoms. The Hall–Kier alpha value is -2.30. The summed E-state index contributed by atoms with van der Waals surface area (Å²) in [7, 11) is 0. The van der Waals surface area contributed by atoms with Crippen molar-refractivity contribution in [1.82, 2.24) is 9.97 Å².